The zero-order chi connectivity index (χ0) is 10.4. The lowest BCUT2D eigenvalue weighted by Crippen LogP contribution is -2.19. The molecule has 0 amide bonds. The highest BCUT2D eigenvalue weighted by atomic mass is 15.1. The van der Waals surface area contributed by atoms with Crippen molar-refractivity contribution in [2.24, 2.45) is 5.92 Å². The van der Waals surface area contributed by atoms with E-state index in [1.54, 1.807) is 0 Å². The van der Waals surface area contributed by atoms with Gasteiger partial charge in [0.15, 0.2) is 0 Å². The Morgan fingerprint density at radius 1 is 1.29 bits per heavy atom. The predicted molar refractivity (Wildman–Crippen MR) is 63.2 cm³/mol. The van der Waals surface area contributed by atoms with Gasteiger partial charge >= 0.3 is 0 Å². The number of hydrogen-bond acceptors (Lipinski definition) is 1. The molecule has 1 saturated heterocycles. The highest BCUT2D eigenvalue weighted by Gasteiger charge is 2.14. The van der Waals surface area contributed by atoms with Gasteiger partial charge in [-0.05, 0) is 39.0 Å². The molecule has 0 aliphatic carbocycles. The lowest BCUT2D eigenvalue weighted by Gasteiger charge is -2.23. The Kier molecular flexibility index (Phi) is 4.78. The number of rotatable bonds is 4. The summed E-state index contributed by atoms with van der Waals surface area (Å²) in [5.41, 5.74) is 1.54. The molecule has 0 spiro atoms. The molecule has 1 fully saturated rings. The van der Waals surface area contributed by atoms with Gasteiger partial charge in [0, 0.05) is 18.8 Å². The molecule has 1 aliphatic heterocycles. The van der Waals surface area contributed by atoms with Gasteiger partial charge < -0.3 is 4.90 Å². The minimum absolute atomic E-state index is 0.673. The van der Waals surface area contributed by atoms with Gasteiger partial charge in [0.2, 0.25) is 0 Å². The molecular formula is C13H23N. The largest absolute Gasteiger partial charge is 0.375 e. The van der Waals surface area contributed by atoms with E-state index in [-0.39, 0.29) is 0 Å². The van der Waals surface area contributed by atoms with Gasteiger partial charge in [-0.2, -0.15) is 0 Å². The Labute approximate surface area is 88.5 Å². The van der Waals surface area contributed by atoms with Crippen LogP contribution in [0.1, 0.15) is 40.0 Å². The van der Waals surface area contributed by atoms with Crippen molar-refractivity contribution < 1.29 is 0 Å². The average molecular weight is 193 g/mol. The summed E-state index contributed by atoms with van der Waals surface area (Å²) in [6.45, 7) is 9.09. The molecule has 0 aromatic rings. The van der Waals surface area contributed by atoms with Crippen molar-refractivity contribution in [2.75, 3.05) is 13.1 Å². The molecular weight excluding hydrogens is 170 g/mol. The summed E-state index contributed by atoms with van der Waals surface area (Å²) < 4.78 is 0. The molecule has 1 heterocycles. The number of allylic oxidation sites excluding steroid dienone is 4. The summed E-state index contributed by atoms with van der Waals surface area (Å²) in [5, 5.41) is 0. The van der Waals surface area contributed by atoms with Crippen LogP contribution < -0.4 is 0 Å². The maximum atomic E-state index is 2.54. The van der Waals surface area contributed by atoms with Gasteiger partial charge in [0.25, 0.3) is 0 Å². The van der Waals surface area contributed by atoms with Crippen LogP contribution in [0.4, 0.5) is 0 Å². The van der Waals surface area contributed by atoms with Gasteiger partial charge in [-0.15, -0.1) is 0 Å². The average Bonchev–Trinajstić information content (AvgIpc) is 2.67. The third-order valence-corrected chi connectivity index (χ3v) is 2.90. The zero-order valence-corrected chi connectivity index (χ0v) is 9.79. The lowest BCUT2D eigenvalue weighted by molar-refractivity contribution is 0.395. The monoisotopic (exact) mass is 193 g/mol. The van der Waals surface area contributed by atoms with Crippen LogP contribution in [0.5, 0.6) is 0 Å². The summed E-state index contributed by atoms with van der Waals surface area (Å²) in [6.07, 6.45) is 10.7. The van der Waals surface area contributed by atoms with Crippen molar-refractivity contribution in [3.63, 3.8) is 0 Å². The van der Waals surface area contributed by atoms with E-state index in [4.69, 9.17) is 0 Å². The predicted octanol–water partition coefficient (Wildman–Crippen LogP) is 3.59. The molecule has 0 aromatic carbocycles. The molecule has 80 valence electrons. The molecule has 14 heavy (non-hydrogen) atoms. The molecule has 0 bridgehead atoms. The summed E-state index contributed by atoms with van der Waals surface area (Å²) in [4.78, 5) is 2.54. The molecule has 1 rings (SSSR count). The van der Waals surface area contributed by atoms with Crippen molar-refractivity contribution in [1.82, 2.24) is 4.90 Å². The SMILES string of the molecule is CC=C[C@@H](C)CC(=CC)N1CCCC1. The molecule has 0 N–H and O–H groups in total. The maximum Gasteiger partial charge on any atom is 0.0175 e. The Bertz CT molecular complexity index is 209. The minimum atomic E-state index is 0.673. The third kappa shape index (κ3) is 3.21. The van der Waals surface area contributed by atoms with Gasteiger partial charge in [0.1, 0.15) is 0 Å². The summed E-state index contributed by atoms with van der Waals surface area (Å²) in [6, 6.07) is 0. The van der Waals surface area contributed by atoms with E-state index in [1.165, 1.54) is 38.0 Å². The maximum absolute atomic E-state index is 2.54. The number of likely N-dealkylation sites (tertiary alicyclic amines) is 1. The first-order valence-corrected chi connectivity index (χ1v) is 5.81. The molecule has 1 heteroatoms. The topological polar surface area (TPSA) is 3.24 Å². The molecule has 1 aliphatic rings. The second-order valence-electron chi connectivity index (χ2n) is 4.18. The van der Waals surface area contributed by atoms with Crippen molar-refractivity contribution in [1.29, 1.82) is 0 Å². The molecule has 0 aromatic heterocycles. The molecule has 1 atom stereocenters. The third-order valence-electron chi connectivity index (χ3n) is 2.90. The lowest BCUT2D eigenvalue weighted by atomic mass is 10.0. The Morgan fingerprint density at radius 3 is 2.43 bits per heavy atom. The number of nitrogens with zero attached hydrogens (tertiary/aromatic N) is 1. The molecule has 0 saturated carbocycles. The van der Waals surface area contributed by atoms with Crippen molar-refractivity contribution >= 4 is 0 Å². The van der Waals surface area contributed by atoms with Crippen LogP contribution in [0.25, 0.3) is 0 Å². The van der Waals surface area contributed by atoms with E-state index in [2.05, 4.69) is 43.9 Å². The number of hydrogen-bond donors (Lipinski definition) is 0. The van der Waals surface area contributed by atoms with Gasteiger partial charge in [-0.1, -0.05) is 25.2 Å². The van der Waals surface area contributed by atoms with E-state index in [0.29, 0.717) is 5.92 Å². The second kappa shape index (κ2) is 5.90. The summed E-state index contributed by atoms with van der Waals surface area (Å²) in [7, 11) is 0. The van der Waals surface area contributed by atoms with Gasteiger partial charge in [-0.3, -0.25) is 0 Å². The first-order chi connectivity index (χ1) is 6.77. The Hall–Kier alpha value is -0.720. The highest BCUT2D eigenvalue weighted by molar-refractivity contribution is 5.04. The molecule has 0 unspecified atom stereocenters. The van der Waals surface area contributed by atoms with Crippen LogP contribution in [-0.4, -0.2) is 18.0 Å². The minimum Gasteiger partial charge on any atom is -0.375 e. The zero-order valence-electron chi connectivity index (χ0n) is 9.79. The van der Waals surface area contributed by atoms with Crippen molar-refractivity contribution in [2.45, 2.75) is 40.0 Å². The summed E-state index contributed by atoms with van der Waals surface area (Å²) >= 11 is 0. The first-order valence-electron chi connectivity index (χ1n) is 5.81. The van der Waals surface area contributed by atoms with Crippen LogP contribution >= 0.6 is 0 Å². The van der Waals surface area contributed by atoms with Crippen LogP contribution in [0.15, 0.2) is 23.9 Å². The second-order valence-corrected chi connectivity index (χ2v) is 4.18. The van der Waals surface area contributed by atoms with Crippen LogP contribution in [0, 0.1) is 5.92 Å². The van der Waals surface area contributed by atoms with Crippen LogP contribution in [-0.2, 0) is 0 Å². The Balaban J connectivity index is 2.46. The fourth-order valence-corrected chi connectivity index (χ4v) is 2.16. The quantitative estimate of drug-likeness (QED) is 0.617. The van der Waals surface area contributed by atoms with Gasteiger partial charge in [-0.25, -0.2) is 0 Å². The molecule has 0 radical (unpaired) electrons. The highest BCUT2D eigenvalue weighted by Crippen LogP contribution is 2.21. The van der Waals surface area contributed by atoms with E-state index >= 15 is 0 Å². The van der Waals surface area contributed by atoms with Crippen molar-refractivity contribution in [3.05, 3.63) is 23.9 Å². The van der Waals surface area contributed by atoms with Crippen molar-refractivity contribution in [3.8, 4) is 0 Å². The van der Waals surface area contributed by atoms with Crippen LogP contribution in [0.3, 0.4) is 0 Å². The summed E-state index contributed by atoms with van der Waals surface area (Å²) in [5.74, 6) is 0.673. The van der Waals surface area contributed by atoms with E-state index in [0.717, 1.165) is 0 Å². The standard InChI is InChI=1S/C13H23N/c1-4-8-12(3)11-13(5-2)14-9-6-7-10-14/h4-5,8,12H,6-7,9-11H2,1-3H3/t12-/m1/s1. The fourth-order valence-electron chi connectivity index (χ4n) is 2.16. The smallest absolute Gasteiger partial charge is 0.0175 e. The van der Waals surface area contributed by atoms with E-state index < -0.39 is 0 Å². The normalized spacial score (nSPS) is 20.8. The Morgan fingerprint density at radius 2 is 1.93 bits per heavy atom. The molecule has 1 nitrogen and oxygen atoms in total. The first kappa shape index (κ1) is 11.4. The van der Waals surface area contributed by atoms with E-state index in [9.17, 15) is 0 Å². The van der Waals surface area contributed by atoms with E-state index in [1.807, 2.05) is 0 Å². The fraction of sp³-hybridized carbons (Fsp3) is 0.692. The van der Waals surface area contributed by atoms with Crippen LogP contribution in [0.2, 0.25) is 0 Å². The van der Waals surface area contributed by atoms with Gasteiger partial charge in [0.05, 0.1) is 0 Å².